The summed E-state index contributed by atoms with van der Waals surface area (Å²) in [6.07, 6.45) is 0. The van der Waals surface area contributed by atoms with Crippen LogP contribution in [0.3, 0.4) is 0 Å². The molecule has 0 saturated carbocycles. The second-order valence-corrected chi connectivity index (χ2v) is 5.71. The first-order valence-corrected chi connectivity index (χ1v) is 8.34. The van der Waals surface area contributed by atoms with Crippen molar-refractivity contribution >= 4 is 22.5 Å². The maximum Gasteiger partial charge on any atom is 0.272 e. The van der Waals surface area contributed by atoms with Crippen molar-refractivity contribution in [2.24, 2.45) is 0 Å². The van der Waals surface area contributed by atoms with Crippen LogP contribution in [0.2, 0.25) is 0 Å². The lowest BCUT2D eigenvalue weighted by Gasteiger charge is -2.11. The van der Waals surface area contributed by atoms with E-state index in [1.807, 2.05) is 6.07 Å². The van der Waals surface area contributed by atoms with E-state index in [4.69, 9.17) is 24.2 Å². The fourth-order valence-corrected chi connectivity index (χ4v) is 2.81. The number of H-pyrrole nitrogens is 1. The number of aromatic nitrogens is 1. The van der Waals surface area contributed by atoms with Gasteiger partial charge in [0.05, 0.1) is 26.8 Å². The molecular formula is C20H19N3O5. The van der Waals surface area contributed by atoms with Crippen LogP contribution in [-0.2, 0) is 0 Å². The number of hydrogen-bond donors (Lipinski definition) is 2. The molecule has 28 heavy (non-hydrogen) atoms. The molecule has 0 atom stereocenters. The second-order valence-electron chi connectivity index (χ2n) is 5.71. The van der Waals surface area contributed by atoms with Crippen molar-refractivity contribution in [3.05, 3.63) is 42.1 Å². The first-order chi connectivity index (χ1) is 13.6. The number of amides is 1. The van der Waals surface area contributed by atoms with Crippen LogP contribution in [0.15, 0.2) is 36.4 Å². The zero-order valence-corrected chi connectivity index (χ0v) is 15.7. The molecule has 0 spiro atoms. The Hall–Kier alpha value is -3.86. The molecule has 2 aromatic carbocycles. The maximum atomic E-state index is 12.7. The van der Waals surface area contributed by atoms with E-state index in [1.54, 1.807) is 43.5 Å². The van der Waals surface area contributed by atoms with Gasteiger partial charge in [0, 0.05) is 17.1 Å². The number of fused-ring (bicyclic) bond motifs is 1. The van der Waals surface area contributed by atoms with Crippen molar-refractivity contribution in [2.45, 2.75) is 0 Å². The molecule has 0 bridgehead atoms. The second kappa shape index (κ2) is 8.22. The van der Waals surface area contributed by atoms with Crippen molar-refractivity contribution in [3.63, 3.8) is 0 Å². The highest BCUT2D eigenvalue weighted by Crippen LogP contribution is 2.41. The number of nitrogens with one attached hydrogen (secondary N) is 2. The maximum absolute atomic E-state index is 12.7. The predicted octanol–water partition coefficient (Wildman–Crippen LogP) is 3.35. The zero-order chi connectivity index (χ0) is 20.1. The number of benzene rings is 2. The van der Waals surface area contributed by atoms with Crippen LogP contribution in [0.25, 0.3) is 10.9 Å². The first-order valence-electron chi connectivity index (χ1n) is 8.34. The van der Waals surface area contributed by atoms with Crippen LogP contribution in [-0.4, -0.2) is 38.8 Å². The molecule has 1 heterocycles. The minimum absolute atomic E-state index is 0.0338. The van der Waals surface area contributed by atoms with Crippen LogP contribution in [0.1, 0.15) is 10.5 Å². The number of nitrogens with zero attached hydrogens (tertiary/aromatic N) is 1. The van der Waals surface area contributed by atoms with Gasteiger partial charge in [0.25, 0.3) is 5.91 Å². The minimum Gasteiger partial charge on any atom is -0.496 e. The highest BCUT2D eigenvalue weighted by atomic mass is 16.5. The molecule has 0 aliphatic carbocycles. The molecular weight excluding hydrogens is 362 g/mol. The van der Waals surface area contributed by atoms with E-state index in [1.165, 1.54) is 14.2 Å². The molecule has 1 amide bonds. The van der Waals surface area contributed by atoms with Gasteiger partial charge in [-0.2, -0.15) is 5.26 Å². The van der Waals surface area contributed by atoms with Gasteiger partial charge in [0.1, 0.15) is 23.3 Å². The number of carbonyl (C=O) groups is 1. The van der Waals surface area contributed by atoms with E-state index in [9.17, 15) is 4.79 Å². The molecule has 3 aromatic rings. The summed E-state index contributed by atoms with van der Waals surface area (Å²) in [5.41, 5.74) is 1.53. The fourth-order valence-electron chi connectivity index (χ4n) is 2.81. The Morgan fingerprint density at radius 3 is 2.39 bits per heavy atom. The minimum atomic E-state index is -0.329. The Kier molecular flexibility index (Phi) is 5.56. The molecule has 0 unspecified atom stereocenters. The largest absolute Gasteiger partial charge is 0.496 e. The van der Waals surface area contributed by atoms with E-state index >= 15 is 0 Å². The van der Waals surface area contributed by atoms with Gasteiger partial charge in [-0.05, 0) is 30.3 Å². The van der Waals surface area contributed by atoms with Crippen LogP contribution in [0, 0.1) is 11.3 Å². The van der Waals surface area contributed by atoms with Gasteiger partial charge in [-0.25, -0.2) is 0 Å². The Labute approximate surface area is 161 Å². The summed E-state index contributed by atoms with van der Waals surface area (Å²) in [6.45, 7) is -0.0338. The summed E-state index contributed by atoms with van der Waals surface area (Å²) in [7, 11) is 4.60. The van der Waals surface area contributed by atoms with E-state index in [0.29, 0.717) is 45.3 Å². The van der Waals surface area contributed by atoms with Gasteiger partial charge in [-0.1, -0.05) is 0 Å². The SMILES string of the molecule is COc1cc(OC)c2cc(C(=O)Nc3ccc(OCC#N)cc3)[nH]c2c1OC. The molecule has 0 aliphatic heterocycles. The van der Waals surface area contributed by atoms with Crippen molar-refractivity contribution in [2.75, 3.05) is 33.3 Å². The van der Waals surface area contributed by atoms with E-state index in [0.717, 1.165) is 0 Å². The highest BCUT2D eigenvalue weighted by molar-refractivity contribution is 6.08. The predicted molar refractivity (Wildman–Crippen MR) is 103 cm³/mol. The van der Waals surface area contributed by atoms with Crippen LogP contribution >= 0.6 is 0 Å². The Morgan fingerprint density at radius 1 is 1.07 bits per heavy atom. The average molecular weight is 381 g/mol. The lowest BCUT2D eigenvalue weighted by molar-refractivity contribution is 0.102. The summed E-state index contributed by atoms with van der Waals surface area (Å²) < 4.78 is 21.4. The quantitative estimate of drug-likeness (QED) is 0.650. The number of rotatable bonds is 7. The average Bonchev–Trinajstić information content (AvgIpc) is 3.17. The summed E-state index contributed by atoms with van der Waals surface area (Å²) in [6, 6.07) is 12.0. The molecule has 0 aliphatic rings. The first kappa shape index (κ1) is 18.9. The summed E-state index contributed by atoms with van der Waals surface area (Å²) in [5, 5.41) is 12.0. The molecule has 8 heteroatoms. The third kappa shape index (κ3) is 3.64. The number of methoxy groups -OCH3 is 3. The van der Waals surface area contributed by atoms with E-state index in [-0.39, 0.29) is 12.5 Å². The zero-order valence-electron chi connectivity index (χ0n) is 15.7. The number of anilines is 1. The van der Waals surface area contributed by atoms with Gasteiger partial charge in [-0.15, -0.1) is 0 Å². The van der Waals surface area contributed by atoms with E-state index < -0.39 is 0 Å². The molecule has 0 saturated heterocycles. The summed E-state index contributed by atoms with van der Waals surface area (Å²) in [5.74, 6) is 1.75. The number of hydrogen-bond acceptors (Lipinski definition) is 6. The molecule has 144 valence electrons. The lowest BCUT2D eigenvalue weighted by atomic mass is 10.2. The molecule has 8 nitrogen and oxygen atoms in total. The number of carbonyl (C=O) groups excluding carboxylic acids is 1. The Morgan fingerprint density at radius 2 is 1.79 bits per heavy atom. The Balaban J connectivity index is 1.89. The van der Waals surface area contributed by atoms with Crippen molar-refractivity contribution in [3.8, 4) is 29.1 Å². The van der Waals surface area contributed by atoms with Crippen LogP contribution in [0.4, 0.5) is 5.69 Å². The number of nitriles is 1. The third-order valence-electron chi connectivity index (χ3n) is 4.10. The molecule has 1 aromatic heterocycles. The summed E-state index contributed by atoms with van der Waals surface area (Å²) >= 11 is 0. The molecule has 3 rings (SSSR count). The van der Waals surface area contributed by atoms with Gasteiger partial charge >= 0.3 is 0 Å². The standard InChI is InChI=1S/C20H19N3O5/c1-25-16-11-17(26-2)19(27-3)18-14(16)10-15(23-18)20(24)22-12-4-6-13(7-5-12)28-9-8-21/h4-7,10-11,23H,9H2,1-3H3,(H,22,24). The number of aromatic amines is 1. The van der Waals surface area contributed by atoms with Crippen molar-refractivity contribution in [1.29, 1.82) is 5.26 Å². The highest BCUT2D eigenvalue weighted by Gasteiger charge is 2.19. The topological polar surface area (TPSA) is 106 Å². The van der Waals surface area contributed by atoms with Gasteiger partial charge in [-0.3, -0.25) is 4.79 Å². The normalized spacial score (nSPS) is 10.2. The van der Waals surface area contributed by atoms with Crippen LogP contribution < -0.4 is 24.3 Å². The van der Waals surface area contributed by atoms with E-state index in [2.05, 4.69) is 10.3 Å². The third-order valence-corrected chi connectivity index (χ3v) is 4.10. The molecule has 0 fully saturated rings. The monoisotopic (exact) mass is 381 g/mol. The van der Waals surface area contributed by atoms with Gasteiger partial charge in [0.2, 0.25) is 0 Å². The van der Waals surface area contributed by atoms with Crippen molar-refractivity contribution < 1.29 is 23.7 Å². The van der Waals surface area contributed by atoms with Crippen molar-refractivity contribution in [1.82, 2.24) is 4.98 Å². The van der Waals surface area contributed by atoms with Gasteiger partial charge in [0.15, 0.2) is 18.1 Å². The molecule has 2 N–H and O–H groups in total. The van der Waals surface area contributed by atoms with Crippen LogP contribution in [0.5, 0.6) is 23.0 Å². The fraction of sp³-hybridized carbons (Fsp3) is 0.200. The van der Waals surface area contributed by atoms with Gasteiger partial charge < -0.3 is 29.2 Å². The lowest BCUT2D eigenvalue weighted by Crippen LogP contribution is -2.12. The Bertz CT molecular complexity index is 1030. The smallest absolute Gasteiger partial charge is 0.272 e. The molecule has 0 radical (unpaired) electrons. The number of ether oxygens (including phenoxy) is 4. The summed E-state index contributed by atoms with van der Waals surface area (Å²) in [4.78, 5) is 15.7.